The van der Waals surface area contributed by atoms with E-state index in [4.69, 9.17) is 0 Å². The molecule has 0 heterocycles. The lowest BCUT2D eigenvalue weighted by atomic mass is 10.0. The predicted molar refractivity (Wildman–Crippen MR) is 73.1 cm³/mol. The van der Waals surface area contributed by atoms with Crippen molar-refractivity contribution in [2.45, 2.75) is 58.3 Å². The topological polar surface area (TPSA) is 60.7 Å². The first-order valence-electron chi connectivity index (χ1n) is 6.89. The van der Waals surface area contributed by atoms with Crippen LogP contribution in [0, 0.1) is 0 Å². The Morgan fingerprint density at radius 3 is 2.00 bits per heavy atom. The van der Waals surface area contributed by atoms with Gasteiger partial charge in [-0.15, -0.1) is 0 Å². The molecule has 0 fully saturated rings. The molecule has 18 heavy (non-hydrogen) atoms. The molecule has 0 amide bonds. The molecule has 0 radical (unpaired) electrons. The zero-order valence-electron chi connectivity index (χ0n) is 11.2. The molecular weight excluding hydrogens is 228 g/mol. The molecule has 0 saturated carbocycles. The second-order valence-electron chi connectivity index (χ2n) is 4.80. The van der Waals surface area contributed by atoms with E-state index >= 15 is 0 Å². The van der Waals surface area contributed by atoms with Crippen molar-refractivity contribution in [2.75, 3.05) is 0 Å². The number of hydrogen-bond acceptors (Lipinski definition) is 3. The van der Waals surface area contributed by atoms with Gasteiger partial charge in [-0.05, 0) is 25.0 Å². The predicted octanol–water partition coefficient (Wildman–Crippen LogP) is 4.10. The Kier molecular flexibility index (Phi) is 6.40. The van der Waals surface area contributed by atoms with Crippen LogP contribution in [0.3, 0.4) is 0 Å². The smallest absolute Gasteiger partial charge is 0.164 e. The van der Waals surface area contributed by atoms with E-state index in [-0.39, 0.29) is 17.2 Å². The number of benzene rings is 1. The highest BCUT2D eigenvalue weighted by Gasteiger charge is 2.10. The van der Waals surface area contributed by atoms with Crippen LogP contribution in [0.25, 0.3) is 0 Å². The van der Waals surface area contributed by atoms with E-state index in [1.165, 1.54) is 44.2 Å². The van der Waals surface area contributed by atoms with Crippen LogP contribution in [0.2, 0.25) is 0 Å². The highest BCUT2D eigenvalue weighted by atomic mass is 16.3. The maximum atomic E-state index is 9.64. The second-order valence-corrected chi connectivity index (χ2v) is 4.80. The molecule has 0 saturated heterocycles. The molecule has 0 atom stereocenters. The van der Waals surface area contributed by atoms with Gasteiger partial charge < -0.3 is 15.3 Å². The van der Waals surface area contributed by atoms with E-state index in [9.17, 15) is 15.3 Å². The summed E-state index contributed by atoms with van der Waals surface area (Å²) in [5.41, 5.74) is 0.462. The van der Waals surface area contributed by atoms with Gasteiger partial charge in [0.05, 0.1) is 0 Å². The molecule has 102 valence electrons. The molecule has 0 aromatic heterocycles. The van der Waals surface area contributed by atoms with Gasteiger partial charge >= 0.3 is 0 Å². The maximum absolute atomic E-state index is 9.64. The lowest BCUT2D eigenvalue weighted by Crippen LogP contribution is -1.89. The van der Waals surface area contributed by atoms with Crippen LogP contribution >= 0.6 is 0 Å². The van der Waals surface area contributed by atoms with Crippen molar-refractivity contribution >= 4 is 0 Å². The summed E-state index contributed by atoms with van der Waals surface area (Å²) >= 11 is 0. The van der Waals surface area contributed by atoms with Crippen molar-refractivity contribution < 1.29 is 15.3 Å². The summed E-state index contributed by atoms with van der Waals surface area (Å²) in [6, 6.07) is 2.73. The lowest BCUT2D eigenvalue weighted by molar-refractivity contribution is 0.388. The number of rotatable bonds is 8. The third kappa shape index (κ3) is 4.47. The summed E-state index contributed by atoms with van der Waals surface area (Å²) in [4.78, 5) is 0. The summed E-state index contributed by atoms with van der Waals surface area (Å²) in [6.45, 7) is 2.20. The third-order valence-corrected chi connectivity index (χ3v) is 3.27. The molecule has 0 bridgehead atoms. The molecule has 1 aromatic carbocycles. The zero-order valence-corrected chi connectivity index (χ0v) is 11.2. The first-order valence-corrected chi connectivity index (χ1v) is 6.89. The van der Waals surface area contributed by atoms with Gasteiger partial charge in [-0.25, -0.2) is 0 Å². The largest absolute Gasteiger partial charge is 0.508 e. The minimum atomic E-state index is -0.180. The van der Waals surface area contributed by atoms with Crippen LogP contribution in [-0.4, -0.2) is 15.3 Å². The number of unbranched alkanes of at least 4 members (excludes halogenated alkanes) is 6. The van der Waals surface area contributed by atoms with Gasteiger partial charge in [-0.1, -0.05) is 45.4 Å². The molecular formula is C15H24O3. The van der Waals surface area contributed by atoms with Gasteiger partial charge in [0.15, 0.2) is 11.5 Å². The van der Waals surface area contributed by atoms with Crippen molar-refractivity contribution in [1.82, 2.24) is 0 Å². The monoisotopic (exact) mass is 252 g/mol. The quantitative estimate of drug-likeness (QED) is 0.371. The molecule has 3 nitrogen and oxygen atoms in total. The van der Waals surface area contributed by atoms with Crippen LogP contribution in [-0.2, 0) is 6.42 Å². The molecule has 0 aliphatic rings. The fourth-order valence-electron chi connectivity index (χ4n) is 2.12. The molecule has 0 aliphatic carbocycles. The molecule has 0 spiro atoms. The van der Waals surface area contributed by atoms with Gasteiger partial charge in [0.2, 0.25) is 0 Å². The van der Waals surface area contributed by atoms with E-state index in [0.717, 1.165) is 12.8 Å². The zero-order chi connectivity index (χ0) is 13.4. The Morgan fingerprint density at radius 1 is 0.778 bits per heavy atom. The molecule has 3 heteroatoms. The molecule has 1 rings (SSSR count). The van der Waals surface area contributed by atoms with Crippen LogP contribution in [0.15, 0.2) is 12.1 Å². The summed E-state index contributed by atoms with van der Waals surface area (Å²) < 4.78 is 0. The first-order chi connectivity index (χ1) is 8.66. The Balaban J connectivity index is 2.29. The Hall–Kier alpha value is -1.38. The number of phenolic OH excluding ortho intramolecular Hbond substituents is 3. The standard InChI is InChI=1S/C15H24O3/c1-2-3-4-5-6-7-8-9-12-13(16)10-11-14(17)15(12)18/h10-11,16-18H,2-9H2,1H3. The van der Waals surface area contributed by atoms with E-state index in [0.29, 0.717) is 12.0 Å². The van der Waals surface area contributed by atoms with Gasteiger partial charge in [0.25, 0.3) is 0 Å². The van der Waals surface area contributed by atoms with E-state index in [1.807, 2.05) is 0 Å². The average molecular weight is 252 g/mol. The maximum Gasteiger partial charge on any atom is 0.164 e. The van der Waals surface area contributed by atoms with E-state index in [1.54, 1.807) is 0 Å². The van der Waals surface area contributed by atoms with Gasteiger partial charge in [-0.3, -0.25) is 0 Å². The minimum absolute atomic E-state index is 0.0660. The van der Waals surface area contributed by atoms with E-state index < -0.39 is 0 Å². The summed E-state index contributed by atoms with van der Waals surface area (Å²) in [6.07, 6.45) is 8.93. The van der Waals surface area contributed by atoms with Crippen molar-refractivity contribution in [2.24, 2.45) is 0 Å². The van der Waals surface area contributed by atoms with Crippen LogP contribution < -0.4 is 0 Å². The Bertz CT molecular complexity index is 361. The second kappa shape index (κ2) is 7.85. The van der Waals surface area contributed by atoms with Crippen LogP contribution in [0.5, 0.6) is 17.2 Å². The highest BCUT2D eigenvalue weighted by Crippen LogP contribution is 2.35. The molecule has 0 unspecified atom stereocenters. The fraction of sp³-hybridized carbons (Fsp3) is 0.600. The highest BCUT2D eigenvalue weighted by molar-refractivity contribution is 5.51. The van der Waals surface area contributed by atoms with Crippen LogP contribution in [0.4, 0.5) is 0 Å². The van der Waals surface area contributed by atoms with Crippen molar-refractivity contribution in [3.05, 3.63) is 17.7 Å². The molecule has 1 aromatic rings. The minimum Gasteiger partial charge on any atom is -0.508 e. The third-order valence-electron chi connectivity index (χ3n) is 3.27. The number of hydrogen-bond donors (Lipinski definition) is 3. The number of aromatic hydroxyl groups is 3. The lowest BCUT2D eigenvalue weighted by Gasteiger charge is -2.08. The number of phenols is 3. The Labute approximate surface area is 109 Å². The Morgan fingerprint density at radius 2 is 1.33 bits per heavy atom. The van der Waals surface area contributed by atoms with Crippen LogP contribution in [0.1, 0.15) is 57.4 Å². The summed E-state index contributed by atoms with van der Waals surface area (Å²) in [5, 5.41) is 28.6. The van der Waals surface area contributed by atoms with Gasteiger partial charge in [-0.2, -0.15) is 0 Å². The average Bonchev–Trinajstić information content (AvgIpc) is 2.36. The summed E-state index contributed by atoms with van der Waals surface area (Å²) in [5.74, 6) is -0.275. The summed E-state index contributed by atoms with van der Waals surface area (Å²) in [7, 11) is 0. The van der Waals surface area contributed by atoms with Crippen molar-refractivity contribution in [1.29, 1.82) is 0 Å². The molecule has 0 aliphatic heterocycles. The van der Waals surface area contributed by atoms with Gasteiger partial charge in [0.1, 0.15) is 5.75 Å². The van der Waals surface area contributed by atoms with Gasteiger partial charge in [0, 0.05) is 5.56 Å². The SMILES string of the molecule is CCCCCCCCCc1c(O)ccc(O)c1O. The fourth-order valence-corrected chi connectivity index (χ4v) is 2.12. The van der Waals surface area contributed by atoms with Crippen molar-refractivity contribution in [3.63, 3.8) is 0 Å². The first kappa shape index (κ1) is 14.7. The molecule has 3 N–H and O–H groups in total. The van der Waals surface area contributed by atoms with Crippen molar-refractivity contribution in [3.8, 4) is 17.2 Å². The normalized spacial score (nSPS) is 10.7. The van der Waals surface area contributed by atoms with E-state index in [2.05, 4.69) is 6.92 Å².